The second-order valence-corrected chi connectivity index (χ2v) is 4.78. The number of hydrogen-bond donors (Lipinski definition) is 1. The van der Waals surface area contributed by atoms with Crippen LogP contribution in [-0.2, 0) is 9.53 Å². The quantitative estimate of drug-likeness (QED) is 0.819. The molecule has 0 spiro atoms. The summed E-state index contributed by atoms with van der Waals surface area (Å²) in [6.07, 6.45) is 4.13. The van der Waals surface area contributed by atoms with Crippen LogP contribution in [0, 0.1) is 0 Å². The van der Waals surface area contributed by atoms with Crippen molar-refractivity contribution < 1.29 is 14.3 Å². The highest BCUT2D eigenvalue weighted by Gasteiger charge is 2.12. The van der Waals surface area contributed by atoms with Gasteiger partial charge in [-0.1, -0.05) is 37.3 Å². The first kappa shape index (κ1) is 15.6. The number of hydrogen-bond acceptors (Lipinski definition) is 5. The van der Waals surface area contributed by atoms with Crippen LogP contribution in [0.4, 0.5) is 0 Å². The third-order valence-corrected chi connectivity index (χ3v) is 3.08. The Hall–Kier alpha value is -2.76. The van der Waals surface area contributed by atoms with E-state index in [1.807, 2.05) is 37.3 Å². The summed E-state index contributed by atoms with van der Waals surface area (Å²) in [6.45, 7) is 2.16. The van der Waals surface area contributed by atoms with Gasteiger partial charge in [0.25, 0.3) is 5.91 Å². The molecule has 1 atom stereocenters. The highest BCUT2D eigenvalue weighted by Crippen LogP contribution is 2.12. The van der Waals surface area contributed by atoms with Crippen molar-refractivity contribution in [2.75, 3.05) is 13.2 Å². The normalized spacial score (nSPS) is 11.5. The van der Waals surface area contributed by atoms with Crippen LogP contribution in [0.15, 0.2) is 48.9 Å². The predicted molar refractivity (Wildman–Crippen MR) is 80.2 cm³/mol. The van der Waals surface area contributed by atoms with Crippen LogP contribution in [0.25, 0.3) is 0 Å². The summed E-state index contributed by atoms with van der Waals surface area (Å²) in [6, 6.07) is 9.86. The van der Waals surface area contributed by atoms with Gasteiger partial charge in [-0.3, -0.25) is 9.78 Å². The average molecular weight is 299 g/mol. The maximum absolute atomic E-state index is 11.7. The van der Waals surface area contributed by atoms with Gasteiger partial charge in [0.1, 0.15) is 0 Å². The summed E-state index contributed by atoms with van der Waals surface area (Å²) in [5, 5.41) is 2.74. The number of rotatable bonds is 6. The molecule has 0 radical (unpaired) electrons. The molecule has 2 aromatic rings. The van der Waals surface area contributed by atoms with Crippen molar-refractivity contribution in [1.29, 1.82) is 0 Å². The fourth-order valence-corrected chi connectivity index (χ4v) is 1.83. The fraction of sp³-hybridized carbons (Fsp3) is 0.250. The molecular weight excluding hydrogens is 282 g/mol. The molecule has 0 saturated heterocycles. The number of ether oxygens (including phenoxy) is 1. The van der Waals surface area contributed by atoms with Gasteiger partial charge in [-0.05, 0) is 11.5 Å². The Morgan fingerprint density at radius 2 is 2.00 bits per heavy atom. The number of carbonyl (C=O) groups is 2. The monoisotopic (exact) mass is 299 g/mol. The second kappa shape index (κ2) is 7.87. The minimum Gasteiger partial charge on any atom is -0.451 e. The molecule has 0 fully saturated rings. The first-order chi connectivity index (χ1) is 10.7. The van der Waals surface area contributed by atoms with Crippen LogP contribution in [0.2, 0.25) is 0 Å². The minimum atomic E-state index is -0.667. The van der Waals surface area contributed by atoms with Crippen molar-refractivity contribution in [2.24, 2.45) is 0 Å². The van der Waals surface area contributed by atoms with Crippen molar-refractivity contribution in [1.82, 2.24) is 15.3 Å². The number of esters is 1. The number of carbonyl (C=O) groups excluding carboxylic acids is 2. The lowest BCUT2D eigenvalue weighted by Crippen LogP contribution is -2.31. The molecule has 0 aliphatic heterocycles. The SMILES string of the molecule is C[C@@H](CNC(=O)COC(=O)c1cnccn1)c1ccccc1. The lowest BCUT2D eigenvalue weighted by molar-refractivity contribution is -0.124. The summed E-state index contributed by atoms with van der Waals surface area (Å²) < 4.78 is 4.87. The van der Waals surface area contributed by atoms with E-state index >= 15 is 0 Å². The van der Waals surface area contributed by atoms with E-state index in [0.29, 0.717) is 6.54 Å². The van der Waals surface area contributed by atoms with Gasteiger partial charge in [0, 0.05) is 18.9 Å². The van der Waals surface area contributed by atoms with Crippen LogP contribution >= 0.6 is 0 Å². The molecule has 0 aliphatic rings. The van der Waals surface area contributed by atoms with Gasteiger partial charge in [0.05, 0.1) is 6.20 Å². The van der Waals surface area contributed by atoms with Crippen molar-refractivity contribution >= 4 is 11.9 Å². The summed E-state index contributed by atoms with van der Waals surface area (Å²) in [5.41, 5.74) is 1.22. The van der Waals surface area contributed by atoms with Gasteiger partial charge < -0.3 is 10.1 Å². The summed E-state index contributed by atoms with van der Waals surface area (Å²) in [5.74, 6) is -0.833. The summed E-state index contributed by atoms with van der Waals surface area (Å²) in [7, 11) is 0. The van der Waals surface area contributed by atoms with Crippen molar-refractivity contribution in [3.05, 3.63) is 60.2 Å². The third-order valence-electron chi connectivity index (χ3n) is 3.08. The first-order valence-electron chi connectivity index (χ1n) is 6.91. The largest absolute Gasteiger partial charge is 0.451 e. The molecule has 6 heteroatoms. The number of aromatic nitrogens is 2. The van der Waals surface area contributed by atoms with Crippen LogP contribution in [0.3, 0.4) is 0 Å². The molecule has 2 rings (SSSR count). The Morgan fingerprint density at radius 1 is 1.23 bits per heavy atom. The molecule has 1 heterocycles. The van der Waals surface area contributed by atoms with E-state index in [-0.39, 0.29) is 24.1 Å². The molecule has 1 N–H and O–H groups in total. The summed E-state index contributed by atoms with van der Waals surface area (Å²) in [4.78, 5) is 30.9. The van der Waals surface area contributed by atoms with E-state index in [1.165, 1.54) is 18.6 Å². The predicted octanol–water partition coefficient (Wildman–Crippen LogP) is 1.55. The Balaban J connectivity index is 1.73. The highest BCUT2D eigenvalue weighted by molar-refractivity contribution is 5.89. The number of nitrogens with one attached hydrogen (secondary N) is 1. The molecular formula is C16H17N3O3. The Kier molecular flexibility index (Phi) is 5.59. The maximum atomic E-state index is 11.7. The lowest BCUT2D eigenvalue weighted by Gasteiger charge is -2.13. The molecule has 114 valence electrons. The molecule has 1 aromatic carbocycles. The molecule has 0 aliphatic carbocycles. The highest BCUT2D eigenvalue weighted by atomic mass is 16.5. The Bertz CT molecular complexity index is 617. The van der Waals surface area contributed by atoms with E-state index in [9.17, 15) is 9.59 Å². The van der Waals surface area contributed by atoms with E-state index in [1.54, 1.807) is 0 Å². The van der Waals surface area contributed by atoms with E-state index in [2.05, 4.69) is 15.3 Å². The van der Waals surface area contributed by atoms with Crippen LogP contribution < -0.4 is 5.32 Å². The molecule has 1 aromatic heterocycles. The zero-order chi connectivity index (χ0) is 15.8. The van der Waals surface area contributed by atoms with Gasteiger partial charge >= 0.3 is 5.97 Å². The molecule has 22 heavy (non-hydrogen) atoms. The fourth-order valence-electron chi connectivity index (χ4n) is 1.83. The Labute approximate surface area is 128 Å². The topological polar surface area (TPSA) is 81.2 Å². The molecule has 0 bridgehead atoms. The average Bonchev–Trinajstić information content (AvgIpc) is 2.59. The van der Waals surface area contributed by atoms with Crippen molar-refractivity contribution in [3.63, 3.8) is 0 Å². The summed E-state index contributed by atoms with van der Waals surface area (Å²) >= 11 is 0. The zero-order valence-electron chi connectivity index (χ0n) is 12.2. The van der Waals surface area contributed by atoms with Gasteiger partial charge in [0.15, 0.2) is 12.3 Å². The Morgan fingerprint density at radius 3 is 2.68 bits per heavy atom. The van der Waals surface area contributed by atoms with E-state index in [4.69, 9.17) is 4.74 Å². The van der Waals surface area contributed by atoms with Gasteiger partial charge in [0.2, 0.25) is 0 Å². The van der Waals surface area contributed by atoms with Crippen LogP contribution in [0.1, 0.15) is 28.9 Å². The second-order valence-electron chi connectivity index (χ2n) is 4.78. The molecule has 0 unspecified atom stereocenters. The van der Waals surface area contributed by atoms with Crippen LogP contribution in [-0.4, -0.2) is 35.0 Å². The molecule has 0 saturated carbocycles. The third kappa shape index (κ3) is 4.66. The van der Waals surface area contributed by atoms with E-state index in [0.717, 1.165) is 5.56 Å². The first-order valence-corrected chi connectivity index (χ1v) is 6.91. The number of nitrogens with zero attached hydrogens (tertiary/aromatic N) is 2. The van der Waals surface area contributed by atoms with Gasteiger partial charge in [-0.25, -0.2) is 9.78 Å². The van der Waals surface area contributed by atoms with Gasteiger partial charge in [-0.15, -0.1) is 0 Å². The van der Waals surface area contributed by atoms with E-state index < -0.39 is 5.97 Å². The maximum Gasteiger partial charge on any atom is 0.359 e. The number of amides is 1. The molecule has 1 amide bonds. The number of benzene rings is 1. The molecule has 6 nitrogen and oxygen atoms in total. The standard InChI is InChI=1S/C16H17N3O3/c1-12(13-5-3-2-4-6-13)9-19-15(20)11-22-16(21)14-10-17-7-8-18-14/h2-8,10,12H,9,11H2,1H3,(H,19,20)/t12-/m0/s1. The van der Waals surface area contributed by atoms with Crippen LogP contribution in [0.5, 0.6) is 0 Å². The van der Waals surface area contributed by atoms with Crippen molar-refractivity contribution in [2.45, 2.75) is 12.8 Å². The zero-order valence-corrected chi connectivity index (χ0v) is 12.2. The van der Waals surface area contributed by atoms with Crippen molar-refractivity contribution in [3.8, 4) is 0 Å². The van der Waals surface area contributed by atoms with Gasteiger partial charge in [-0.2, -0.15) is 0 Å². The minimum absolute atomic E-state index is 0.0768. The lowest BCUT2D eigenvalue weighted by atomic mass is 10.0. The smallest absolute Gasteiger partial charge is 0.359 e.